The van der Waals surface area contributed by atoms with Crippen molar-refractivity contribution in [3.8, 4) is 22.3 Å². The first kappa shape index (κ1) is 25.1. The molecule has 0 unspecified atom stereocenters. The molecule has 44 heavy (non-hydrogen) atoms. The molecule has 0 fully saturated rings. The molecule has 0 bridgehead atoms. The fraction of sp³-hybridized carbons (Fsp3) is 0.0455. The summed E-state index contributed by atoms with van der Waals surface area (Å²) >= 11 is 0. The third-order valence-corrected chi connectivity index (χ3v) is 9.82. The van der Waals surface area contributed by atoms with E-state index in [-0.39, 0.29) is 0 Å². The molecule has 0 aliphatic carbocycles. The van der Waals surface area contributed by atoms with Crippen LogP contribution in [0, 0.1) is 13.8 Å². The van der Waals surface area contributed by atoms with Crippen LogP contribution in [0.4, 0.5) is 0 Å². The standard InChI is InChI=1S/C44H30/c1-27-28(2)42-26-34(44-37-17-9-5-13-31(37)24-32-14-6-10-18-38(32)44)20-22-40(42)39-21-19-33(25-41(27)39)43-35-15-7-3-11-29(35)23-30-12-4-8-16-36(30)43/h3-26H,1-2H3. The van der Waals surface area contributed by atoms with E-state index in [1.807, 2.05) is 0 Å². The normalized spacial score (nSPS) is 11.9. The molecule has 0 aromatic heterocycles. The number of hydrogen-bond donors (Lipinski definition) is 0. The van der Waals surface area contributed by atoms with Crippen LogP contribution in [0.5, 0.6) is 0 Å². The van der Waals surface area contributed by atoms with Crippen LogP contribution in [0.2, 0.25) is 0 Å². The van der Waals surface area contributed by atoms with Crippen LogP contribution < -0.4 is 0 Å². The highest BCUT2D eigenvalue weighted by molar-refractivity contribution is 6.18. The Bertz CT molecular complexity index is 2330. The lowest BCUT2D eigenvalue weighted by atomic mass is 9.86. The molecule has 0 atom stereocenters. The first-order valence-corrected chi connectivity index (χ1v) is 15.4. The third kappa shape index (κ3) is 3.64. The van der Waals surface area contributed by atoms with E-state index in [1.54, 1.807) is 0 Å². The first-order chi connectivity index (χ1) is 21.7. The summed E-state index contributed by atoms with van der Waals surface area (Å²) in [5, 5.41) is 15.6. The smallest absolute Gasteiger partial charge is 0.00266 e. The van der Waals surface area contributed by atoms with Crippen molar-refractivity contribution in [2.75, 3.05) is 0 Å². The van der Waals surface area contributed by atoms with E-state index in [9.17, 15) is 0 Å². The van der Waals surface area contributed by atoms with Crippen molar-refractivity contribution in [1.82, 2.24) is 0 Å². The summed E-state index contributed by atoms with van der Waals surface area (Å²) in [5.41, 5.74) is 7.86. The first-order valence-electron chi connectivity index (χ1n) is 15.4. The Morgan fingerprint density at radius 2 is 0.591 bits per heavy atom. The molecule has 0 amide bonds. The maximum atomic E-state index is 2.43. The van der Waals surface area contributed by atoms with Gasteiger partial charge in [0.05, 0.1) is 0 Å². The van der Waals surface area contributed by atoms with Crippen LogP contribution in [0.15, 0.2) is 146 Å². The maximum absolute atomic E-state index is 2.43. The van der Waals surface area contributed by atoms with E-state index < -0.39 is 0 Å². The molecule has 9 rings (SSSR count). The van der Waals surface area contributed by atoms with Gasteiger partial charge in [-0.05, 0) is 136 Å². The molecule has 0 spiro atoms. The van der Waals surface area contributed by atoms with Gasteiger partial charge >= 0.3 is 0 Å². The molecule has 0 radical (unpaired) electrons. The second-order valence-electron chi connectivity index (χ2n) is 12.2. The molecule has 0 aliphatic heterocycles. The zero-order valence-corrected chi connectivity index (χ0v) is 24.9. The summed E-state index contributed by atoms with van der Waals surface area (Å²) in [6.45, 7) is 4.59. The lowest BCUT2D eigenvalue weighted by Gasteiger charge is -2.17. The summed E-state index contributed by atoms with van der Waals surface area (Å²) in [7, 11) is 0. The maximum Gasteiger partial charge on any atom is -0.00266 e. The summed E-state index contributed by atoms with van der Waals surface area (Å²) in [6, 6.07) is 54.0. The van der Waals surface area contributed by atoms with E-state index in [1.165, 1.54) is 98.0 Å². The average Bonchev–Trinajstić information content (AvgIpc) is 3.08. The molecule has 0 aliphatic rings. The Morgan fingerprint density at radius 1 is 0.273 bits per heavy atom. The number of hydrogen-bond acceptors (Lipinski definition) is 0. The van der Waals surface area contributed by atoms with Crippen LogP contribution >= 0.6 is 0 Å². The number of rotatable bonds is 2. The van der Waals surface area contributed by atoms with Crippen molar-refractivity contribution in [1.29, 1.82) is 0 Å². The van der Waals surface area contributed by atoms with Gasteiger partial charge in [-0.2, -0.15) is 0 Å². The van der Waals surface area contributed by atoms with E-state index >= 15 is 0 Å². The molecule has 0 saturated heterocycles. The largest absolute Gasteiger partial charge is 0.0616 e. The highest BCUT2D eigenvalue weighted by Crippen LogP contribution is 2.42. The SMILES string of the molecule is Cc1c(C)c2cc(-c3c4ccccc4cc4ccccc34)ccc2c2ccc(-c3c4ccccc4cc4ccccc34)cc12. The van der Waals surface area contributed by atoms with Crippen LogP contribution in [0.25, 0.3) is 86.9 Å². The Kier molecular flexibility index (Phi) is 5.43. The molecular formula is C44H30. The highest BCUT2D eigenvalue weighted by atomic mass is 14.2. The molecular weight excluding hydrogens is 528 g/mol. The zero-order chi connectivity index (χ0) is 29.4. The Hall–Kier alpha value is -5.46. The van der Waals surface area contributed by atoms with Gasteiger partial charge in [0.15, 0.2) is 0 Å². The van der Waals surface area contributed by atoms with Crippen LogP contribution in [0.3, 0.4) is 0 Å². The minimum Gasteiger partial charge on any atom is -0.0616 e. The van der Waals surface area contributed by atoms with Gasteiger partial charge in [0.2, 0.25) is 0 Å². The van der Waals surface area contributed by atoms with Gasteiger partial charge in [-0.1, -0.05) is 121 Å². The van der Waals surface area contributed by atoms with Gasteiger partial charge in [0, 0.05) is 0 Å². The van der Waals surface area contributed by atoms with Crippen molar-refractivity contribution in [2.24, 2.45) is 0 Å². The zero-order valence-electron chi connectivity index (χ0n) is 24.9. The highest BCUT2D eigenvalue weighted by Gasteiger charge is 2.16. The molecule has 0 heteroatoms. The van der Waals surface area contributed by atoms with Gasteiger partial charge < -0.3 is 0 Å². The van der Waals surface area contributed by atoms with Crippen LogP contribution in [-0.4, -0.2) is 0 Å². The minimum absolute atomic E-state index is 1.27. The van der Waals surface area contributed by atoms with Crippen LogP contribution in [-0.2, 0) is 0 Å². The third-order valence-electron chi connectivity index (χ3n) is 9.82. The van der Waals surface area contributed by atoms with Gasteiger partial charge in [-0.3, -0.25) is 0 Å². The van der Waals surface area contributed by atoms with Crippen molar-refractivity contribution in [2.45, 2.75) is 13.8 Å². The average molecular weight is 559 g/mol. The molecule has 0 saturated carbocycles. The summed E-state index contributed by atoms with van der Waals surface area (Å²) < 4.78 is 0. The number of fused-ring (bicyclic) bond motifs is 7. The topological polar surface area (TPSA) is 0 Å². The van der Waals surface area contributed by atoms with E-state index in [2.05, 4.69) is 159 Å². The molecule has 9 aromatic carbocycles. The molecule has 9 aromatic rings. The second kappa shape index (κ2) is 9.53. The van der Waals surface area contributed by atoms with Crippen molar-refractivity contribution >= 4 is 64.6 Å². The van der Waals surface area contributed by atoms with E-state index in [0.717, 1.165) is 0 Å². The Labute approximate surface area is 256 Å². The van der Waals surface area contributed by atoms with Crippen molar-refractivity contribution in [3.63, 3.8) is 0 Å². The molecule has 0 nitrogen and oxygen atoms in total. The van der Waals surface area contributed by atoms with Gasteiger partial charge in [0.25, 0.3) is 0 Å². The molecule has 206 valence electrons. The van der Waals surface area contributed by atoms with Gasteiger partial charge in [-0.15, -0.1) is 0 Å². The van der Waals surface area contributed by atoms with Gasteiger partial charge in [0.1, 0.15) is 0 Å². The predicted molar refractivity (Wildman–Crippen MR) is 192 cm³/mol. The monoisotopic (exact) mass is 558 g/mol. The minimum atomic E-state index is 1.27. The Balaban J connectivity index is 1.30. The summed E-state index contributed by atoms with van der Waals surface area (Å²) in [5.74, 6) is 0. The fourth-order valence-electron chi connectivity index (χ4n) is 7.54. The Morgan fingerprint density at radius 3 is 0.932 bits per heavy atom. The fourth-order valence-corrected chi connectivity index (χ4v) is 7.54. The van der Waals surface area contributed by atoms with E-state index in [4.69, 9.17) is 0 Å². The second-order valence-corrected chi connectivity index (χ2v) is 12.2. The summed E-state index contributed by atoms with van der Waals surface area (Å²) in [4.78, 5) is 0. The van der Waals surface area contributed by atoms with Gasteiger partial charge in [-0.25, -0.2) is 0 Å². The molecule has 0 heterocycles. The summed E-state index contributed by atoms with van der Waals surface area (Å²) in [6.07, 6.45) is 0. The number of benzene rings is 9. The number of aryl methyl sites for hydroxylation is 2. The van der Waals surface area contributed by atoms with E-state index in [0.29, 0.717) is 0 Å². The van der Waals surface area contributed by atoms with Crippen LogP contribution in [0.1, 0.15) is 11.1 Å². The van der Waals surface area contributed by atoms with Crippen molar-refractivity contribution in [3.05, 3.63) is 157 Å². The quantitative estimate of drug-likeness (QED) is 0.146. The lowest BCUT2D eigenvalue weighted by Crippen LogP contribution is -1.92. The lowest BCUT2D eigenvalue weighted by molar-refractivity contribution is 1.41. The predicted octanol–water partition coefficient (Wildman–Crippen LogP) is 12.6. The van der Waals surface area contributed by atoms with Crippen molar-refractivity contribution < 1.29 is 0 Å². The molecule has 0 N–H and O–H groups in total.